The molecule has 1 fully saturated rings. The van der Waals surface area contributed by atoms with E-state index in [9.17, 15) is 19.1 Å². The second-order valence-corrected chi connectivity index (χ2v) is 9.92. The van der Waals surface area contributed by atoms with E-state index in [2.05, 4.69) is 22.8 Å². The molecule has 1 atom stereocenters. The van der Waals surface area contributed by atoms with E-state index in [1.54, 1.807) is 0 Å². The summed E-state index contributed by atoms with van der Waals surface area (Å²) in [5, 5.41) is 14.9. The number of aryl methyl sites for hydroxylation is 2. The first kappa shape index (κ1) is 25.7. The number of carboxylic acids is 1. The number of pyridine rings is 1. The van der Waals surface area contributed by atoms with Crippen molar-refractivity contribution >= 4 is 40.9 Å². The summed E-state index contributed by atoms with van der Waals surface area (Å²) >= 11 is 11.8. The van der Waals surface area contributed by atoms with Gasteiger partial charge in [0, 0.05) is 25.3 Å². The lowest BCUT2D eigenvalue weighted by molar-refractivity contribution is -0.140. The summed E-state index contributed by atoms with van der Waals surface area (Å²) in [4.78, 5) is 28.8. The van der Waals surface area contributed by atoms with E-state index in [-0.39, 0.29) is 34.7 Å². The number of anilines is 1. The van der Waals surface area contributed by atoms with Crippen molar-refractivity contribution in [2.24, 2.45) is 5.92 Å². The average molecular weight is 524 g/mol. The summed E-state index contributed by atoms with van der Waals surface area (Å²) in [6.45, 7) is 1.17. The molecule has 3 N–H and O–H groups in total. The topological polar surface area (TPSA) is 101 Å². The van der Waals surface area contributed by atoms with Gasteiger partial charge < -0.3 is 20.5 Å². The van der Waals surface area contributed by atoms with Crippen LogP contribution in [0.4, 0.5) is 10.2 Å². The number of carbonyl (C=O) groups excluding carboxylic acids is 1. The van der Waals surface area contributed by atoms with Gasteiger partial charge in [-0.05, 0) is 68.2 Å². The summed E-state index contributed by atoms with van der Waals surface area (Å²) in [5.41, 5.74) is 2.23. The molecule has 10 heteroatoms. The van der Waals surface area contributed by atoms with Gasteiger partial charge in [0.05, 0.1) is 21.7 Å². The molecule has 188 valence electrons. The number of hydrogen-bond donors (Lipinski definition) is 3. The number of rotatable bonds is 10. The molecule has 1 saturated carbocycles. The Hall–Kier alpha value is -2.42. The lowest BCUT2D eigenvalue weighted by Crippen LogP contribution is -2.42. The Morgan fingerprint density at radius 2 is 2.00 bits per heavy atom. The number of ether oxygens (including phenoxy) is 1. The fraction of sp³-hybridized carbons (Fsp3) is 0.480. The Labute approximate surface area is 213 Å². The Kier molecular flexibility index (Phi) is 8.46. The summed E-state index contributed by atoms with van der Waals surface area (Å²) in [6.07, 6.45) is 6.22. The Bertz CT molecular complexity index is 1070. The van der Waals surface area contributed by atoms with Gasteiger partial charge in [-0.2, -0.15) is 0 Å². The zero-order valence-electron chi connectivity index (χ0n) is 19.2. The molecule has 2 heterocycles. The van der Waals surface area contributed by atoms with Crippen LogP contribution in [0, 0.1) is 11.7 Å². The molecule has 0 unspecified atom stereocenters. The molecule has 0 radical (unpaired) electrons. The summed E-state index contributed by atoms with van der Waals surface area (Å²) < 4.78 is 19.2. The summed E-state index contributed by atoms with van der Waals surface area (Å²) in [7, 11) is 0. The molecule has 1 aliphatic carbocycles. The highest BCUT2D eigenvalue weighted by Gasteiger charge is 2.30. The van der Waals surface area contributed by atoms with Crippen LogP contribution in [0.3, 0.4) is 0 Å². The highest BCUT2D eigenvalue weighted by molar-refractivity contribution is 6.39. The second kappa shape index (κ2) is 11.5. The third kappa shape index (κ3) is 6.63. The van der Waals surface area contributed by atoms with Crippen molar-refractivity contribution < 1.29 is 23.8 Å². The average Bonchev–Trinajstić information content (AvgIpc) is 2.78. The van der Waals surface area contributed by atoms with Gasteiger partial charge in [-0.1, -0.05) is 29.3 Å². The van der Waals surface area contributed by atoms with E-state index in [1.165, 1.54) is 5.56 Å². The molecule has 0 spiro atoms. The van der Waals surface area contributed by atoms with Crippen molar-refractivity contribution in [1.29, 1.82) is 0 Å². The predicted octanol–water partition coefficient (Wildman–Crippen LogP) is 4.89. The van der Waals surface area contributed by atoms with Crippen LogP contribution in [-0.2, 0) is 22.4 Å². The molecule has 1 amide bonds. The van der Waals surface area contributed by atoms with E-state index in [1.807, 2.05) is 0 Å². The lowest BCUT2D eigenvalue weighted by Gasteiger charge is -2.35. The maximum Gasteiger partial charge on any atom is 0.326 e. The highest BCUT2D eigenvalue weighted by atomic mass is 35.5. The molecule has 1 aliphatic heterocycles. The number of halogens is 3. The monoisotopic (exact) mass is 523 g/mol. The quantitative estimate of drug-likeness (QED) is 0.410. The van der Waals surface area contributed by atoms with E-state index in [0.29, 0.717) is 5.92 Å². The van der Waals surface area contributed by atoms with Crippen molar-refractivity contribution in [2.75, 3.05) is 18.5 Å². The minimum Gasteiger partial charge on any atom is -0.480 e. The van der Waals surface area contributed by atoms with Crippen LogP contribution in [0.2, 0.25) is 10.0 Å². The molecular weight excluding hydrogens is 496 g/mol. The lowest BCUT2D eigenvalue weighted by atomic mass is 9.79. The van der Waals surface area contributed by atoms with Gasteiger partial charge in [-0.3, -0.25) is 4.79 Å². The highest BCUT2D eigenvalue weighted by Crippen LogP contribution is 2.34. The molecule has 35 heavy (non-hydrogen) atoms. The maximum atomic E-state index is 13.4. The van der Waals surface area contributed by atoms with Gasteiger partial charge in [-0.25, -0.2) is 14.2 Å². The van der Waals surface area contributed by atoms with Crippen LogP contribution in [0.5, 0.6) is 0 Å². The van der Waals surface area contributed by atoms with E-state index >= 15 is 0 Å². The Balaban J connectivity index is 1.18. The molecule has 0 saturated heterocycles. The predicted molar refractivity (Wildman–Crippen MR) is 132 cm³/mol. The number of hydrogen-bond acceptors (Lipinski definition) is 5. The van der Waals surface area contributed by atoms with E-state index in [4.69, 9.17) is 32.9 Å². The number of benzene rings is 1. The van der Waals surface area contributed by atoms with Gasteiger partial charge in [-0.15, -0.1) is 0 Å². The van der Waals surface area contributed by atoms with Crippen molar-refractivity contribution in [1.82, 2.24) is 10.3 Å². The largest absolute Gasteiger partial charge is 0.480 e. The molecule has 0 bridgehead atoms. The number of aliphatic carboxylic acids is 1. The van der Waals surface area contributed by atoms with Crippen LogP contribution < -0.4 is 10.6 Å². The first-order valence-corrected chi connectivity index (χ1v) is 12.6. The van der Waals surface area contributed by atoms with Crippen molar-refractivity contribution in [3.8, 4) is 0 Å². The smallest absolute Gasteiger partial charge is 0.326 e. The van der Waals surface area contributed by atoms with Gasteiger partial charge >= 0.3 is 5.97 Å². The van der Waals surface area contributed by atoms with Crippen LogP contribution in [0.15, 0.2) is 24.3 Å². The zero-order valence-corrected chi connectivity index (χ0v) is 20.7. The van der Waals surface area contributed by atoms with Gasteiger partial charge in [0.15, 0.2) is 0 Å². The molecule has 7 nitrogen and oxygen atoms in total. The number of carbonyl (C=O) groups is 2. The SMILES string of the molecule is O=C(N[C@@H](CCO[C@H]1C[C@@H](CCc2ccc3c(n2)NCCC3)C1)C(=O)O)c1c(Cl)cc(F)cc1Cl. The summed E-state index contributed by atoms with van der Waals surface area (Å²) in [6, 6.07) is 5.01. The molecular formula is C25H28Cl2FN3O4. The van der Waals surface area contributed by atoms with Crippen LogP contribution in [0.25, 0.3) is 0 Å². The molecule has 1 aromatic heterocycles. The molecule has 1 aromatic carbocycles. The fourth-order valence-electron chi connectivity index (χ4n) is 4.51. The normalized spacial score (nSPS) is 19.7. The van der Waals surface area contributed by atoms with E-state index in [0.717, 1.165) is 68.7 Å². The third-order valence-corrected chi connectivity index (χ3v) is 7.15. The first-order chi connectivity index (χ1) is 16.8. The van der Waals surface area contributed by atoms with Gasteiger partial charge in [0.2, 0.25) is 0 Å². The standard InChI is InChI=1S/C25H28Cl2FN3O4/c26-19-12-16(28)13-20(27)22(19)24(32)31-21(25(33)34)7-9-35-18-10-14(11-18)3-5-17-6-4-15-2-1-8-29-23(15)30-17/h4,6,12-14,18,21H,1-3,5,7-11H2,(H,29,30)(H,31,32)(H,33,34)/t14-,18+,21-/m0/s1. The van der Waals surface area contributed by atoms with Crippen LogP contribution >= 0.6 is 23.2 Å². The fourth-order valence-corrected chi connectivity index (χ4v) is 5.14. The molecule has 4 rings (SSSR count). The van der Waals surface area contributed by atoms with Crippen molar-refractivity contribution in [2.45, 2.75) is 57.1 Å². The Morgan fingerprint density at radius 3 is 2.71 bits per heavy atom. The number of carboxylic acid groups (broad SMARTS) is 1. The van der Waals surface area contributed by atoms with Gasteiger partial charge in [0.25, 0.3) is 5.91 Å². The Morgan fingerprint density at radius 1 is 1.26 bits per heavy atom. The number of aromatic nitrogens is 1. The number of nitrogens with one attached hydrogen (secondary N) is 2. The third-order valence-electron chi connectivity index (χ3n) is 6.55. The second-order valence-electron chi connectivity index (χ2n) is 9.11. The van der Waals surface area contributed by atoms with Gasteiger partial charge in [0.1, 0.15) is 17.7 Å². The van der Waals surface area contributed by atoms with E-state index < -0.39 is 23.7 Å². The molecule has 2 aliphatic rings. The van der Waals surface area contributed by atoms with Crippen molar-refractivity contribution in [3.63, 3.8) is 0 Å². The number of amides is 1. The van der Waals surface area contributed by atoms with Crippen LogP contribution in [-0.4, -0.2) is 47.3 Å². The minimum atomic E-state index is -1.20. The maximum absolute atomic E-state index is 13.4. The minimum absolute atomic E-state index is 0.0873. The number of fused-ring (bicyclic) bond motifs is 1. The van der Waals surface area contributed by atoms with Crippen molar-refractivity contribution in [3.05, 3.63) is 56.9 Å². The zero-order chi connectivity index (χ0) is 24.9. The van der Waals surface area contributed by atoms with Crippen LogP contribution in [0.1, 0.15) is 53.7 Å². The number of nitrogens with zero attached hydrogens (tertiary/aromatic N) is 1. The summed E-state index contributed by atoms with van der Waals surface area (Å²) in [5.74, 6) is -1.08. The first-order valence-electron chi connectivity index (χ1n) is 11.8. The molecule has 2 aromatic rings.